The van der Waals surface area contributed by atoms with Gasteiger partial charge in [0, 0.05) is 11.1 Å². The molecule has 0 amide bonds. The minimum absolute atomic E-state index is 0.0186. The van der Waals surface area contributed by atoms with Crippen LogP contribution in [0.1, 0.15) is 41.3 Å². The molecular weight excluding hydrogens is 232 g/mol. The predicted octanol–water partition coefficient (Wildman–Crippen LogP) is 2.24. The molecule has 0 radical (unpaired) electrons. The summed E-state index contributed by atoms with van der Waals surface area (Å²) in [6.07, 6.45) is 3.22. The Morgan fingerprint density at radius 2 is 1.67 bits per heavy atom. The largest absolute Gasteiger partial charge is 0.504 e. The molecule has 0 atom stereocenters. The van der Waals surface area contributed by atoms with Gasteiger partial charge in [0.2, 0.25) is 0 Å². The molecule has 2 heterocycles. The van der Waals surface area contributed by atoms with Crippen LogP contribution in [0.5, 0.6) is 17.2 Å². The summed E-state index contributed by atoms with van der Waals surface area (Å²) in [4.78, 5) is 11.9. The first kappa shape index (κ1) is 11.4. The SMILES string of the molecule is CC(=O)c1c2c(c(O)c3c1OCCC3)OCCC2. The van der Waals surface area contributed by atoms with Crippen molar-refractivity contribution in [1.29, 1.82) is 0 Å². The van der Waals surface area contributed by atoms with Gasteiger partial charge in [0.15, 0.2) is 17.3 Å². The van der Waals surface area contributed by atoms with Gasteiger partial charge in [-0.3, -0.25) is 4.79 Å². The lowest BCUT2D eigenvalue weighted by Gasteiger charge is -2.27. The lowest BCUT2D eigenvalue weighted by atomic mass is 9.90. The minimum atomic E-state index is -0.0186. The molecule has 1 aromatic carbocycles. The molecule has 0 aliphatic carbocycles. The second-order valence-corrected chi connectivity index (χ2v) is 4.80. The lowest BCUT2D eigenvalue weighted by Crippen LogP contribution is -2.18. The second-order valence-electron chi connectivity index (χ2n) is 4.80. The topological polar surface area (TPSA) is 55.8 Å². The van der Waals surface area contributed by atoms with Gasteiger partial charge in [-0.25, -0.2) is 0 Å². The van der Waals surface area contributed by atoms with Crippen molar-refractivity contribution in [2.24, 2.45) is 0 Å². The Labute approximate surface area is 106 Å². The molecule has 1 aromatic rings. The van der Waals surface area contributed by atoms with Crippen molar-refractivity contribution in [3.8, 4) is 17.2 Å². The third-order valence-electron chi connectivity index (χ3n) is 3.57. The van der Waals surface area contributed by atoms with Crippen LogP contribution in [0.25, 0.3) is 0 Å². The summed E-state index contributed by atoms with van der Waals surface area (Å²) in [5, 5.41) is 10.3. The number of aromatic hydroxyl groups is 1. The lowest BCUT2D eigenvalue weighted by molar-refractivity contribution is 0.101. The first-order valence-corrected chi connectivity index (χ1v) is 6.37. The van der Waals surface area contributed by atoms with Crippen LogP contribution in [0.4, 0.5) is 0 Å². The second kappa shape index (κ2) is 4.19. The number of phenols is 1. The smallest absolute Gasteiger partial charge is 0.165 e. The minimum Gasteiger partial charge on any atom is -0.504 e. The number of fused-ring (bicyclic) bond motifs is 2. The van der Waals surface area contributed by atoms with Gasteiger partial charge in [-0.15, -0.1) is 0 Å². The van der Waals surface area contributed by atoms with Gasteiger partial charge in [0.05, 0.1) is 18.8 Å². The fourth-order valence-corrected chi connectivity index (χ4v) is 2.79. The molecule has 3 rings (SSSR count). The van der Waals surface area contributed by atoms with Crippen molar-refractivity contribution in [3.63, 3.8) is 0 Å². The number of rotatable bonds is 1. The zero-order chi connectivity index (χ0) is 12.7. The molecule has 1 N–H and O–H groups in total. The van der Waals surface area contributed by atoms with E-state index in [0.29, 0.717) is 30.3 Å². The number of carbonyl (C=O) groups excluding carboxylic acids is 1. The summed E-state index contributed by atoms with van der Waals surface area (Å²) in [5.74, 6) is 1.23. The maximum atomic E-state index is 11.9. The first-order valence-electron chi connectivity index (χ1n) is 6.37. The quantitative estimate of drug-likeness (QED) is 0.774. The number of Topliss-reactive ketones (excluding diaryl/α,β-unsaturated/α-hetero) is 1. The molecule has 0 aromatic heterocycles. The van der Waals surface area contributed by atoms with Crippen LogP contribution in [-0.2, 0) is 12.8 Å². The Bertz CT molecular complexity index is 482. The van der Waals surface area contributed by atoms with Gasteiger partial charge in [0.1, 0.15) is 5.75 Å². The van der Waals surface area contributed by atoms with Gasteiger partial charge in [-0.2, -0.15) is 0 Å². The molecular formula is C14H16O4. The molecule has 0 unspecified atom stereocenters. The van der Waals surface area contributed by atoms with Crippen molar-refractivity contribution < 1.29 is 19.4 Å². The first-order chi connectivity index (χ1) is 8.70. The zero-order valence-electron chi connectivity index (χ0n) is 10.4. The number of ketones is 1. The van der Waals surface area contributed by atoms with E-state index in [9.17, 15) is 9.90 Å². The van der Waals surface area contributed by atoms with Crippen LogP contribution in [0.3, 0.4) is 0 Å². The molecule has 2 aliphatic heterocycles. The van der Waals surface area contributed by atoms with E-state index < -0.39 is 0 Å². The Hall–Kier alpha value is -1.71. The Morgan fingerprint density at radius 1 is 1.06 bits per heavy atom. The predicted molar refractivity (Wildman–Crippen MR) is 65.7 cm³/mol. The highest BCUT2D eigenvalue weighted by molar-refractivity contribution is 6.00. The monoisotopic (exact) mass is 248 g/mol. The van der Waals surface area contributed by atoms with Crippen molar-refractivity contribution in [3.05, 3.63) is 16.7 Å². The van der Waals surface area contributed by atoms with Crippen LogP contribution in [0.2, 0.25) is 0 Å². The van der Waals surface area contributed by atoms with Crippen LogP contribution in [0.15, 0.2) is 0 Å². The maximum absolute atomic E-state index is 11.9. The van der Waals surface area contributed by atoms with Crippen molar-refractivity contribution in [1.82, 2.24) is 0 Å². The third-order valence-corrected chi connectivity index (χ3v) is 3.57. The fraction of sp³-hybridized carbons (Fsp3) is 0.500. The van der Waals surface area contributed by atoms with E-state index >= 15 is 0 Å². The number of hydrogen-bond acceptors (Lipinski definition) is 4. The van der Waals surface area contributed by atoms with Gasteiger partial charge in [0.25, 0.3) is 0 Å². The van der Waals surface area contributed by atoms with Gasteiger partial charge in [-0.05, 0) is 32.6 Å². The normalized spacial score (nSPS) is 17.2. The third kappa shape index (κ3) is 1.55. The molecule has 2 aliphatic rings. The molecule has 0 saturated carbocycles. The molecule has 0 fully saturated rings. The molecule has 0 spiro atoms. The fourth-order valence-electron chi connectivity index (χ4n) is 2.79. The number of carbonyl (C=O) groups is 1. The van der Waals surface area contributed by atoms with Crippen LogP contribution < -0.4 is 9.47 Å². The van der Waals surface area contributed by atoms with E-state index in [4.69, 9.17) is 9.47 Å². The number of benzene rings is 1. The van der Waals surface area contributed by atoms with Crippen molar-refractivity contribution >= 4 is 5.78 Å². The van der Waals surface area contributed by atoms with Gasteiger partial charge in [-0.1, -0.05) is 0 Å². The summed E-state index contributed by atoms with van der Waals surface area (Å²) < 4.78 is 11.2. The van der Waals surface area contributed by atoms with E-state index in [1.807, 2.05) is 0 Å². The highest BCUT2D eigenvalue weighted by Crippen LogP contribution is 2.47. The Balaban J connectivity index is 2.31. The number of hydrogen-bond donors (Lipinski definition) is 1. The van der Waals surface area contributed by atoms with E-state index in [-0.39, 0.29) is 11.5 Å². The van der Waals surface area contributed by atoms with Crippen molar-refractivity contribution in [2.45, 2.75) is 32.6 Å². The number of ether oxygens (including phenoxy) is 2. The standard InChI is InChI=1S/C14H16O4/c1-8(15)11-9-4-2-7-18-14(9)12(16)10-5-3-6-17-13(10)11/h16H,2-7H2,1H3. The van der Waals surface area contributed by atoms with E-state index in [0.717, 1.165) is 36.8 Å². The molecule has 0 saturated heterocycles. The molecule has 4 heteroatoms. The summed E-state index contributed by atoms with van der Waals surface area (Å²) in [6.45, 7) is 2.74. The zero-order valence-corrected chi connectivity index (χ0v) is 10.4. The van der Waals surface area contributed by atoms with Crippen LogP contribution in [0, 0.1) is 0 Å². The van der Waals surface area contributed by atoms with Crippen molar-refractivity contribution in [2.75, 3.05) is 13.2 Å². The summed E-state index contributed by atoms with van der Waals surface area (Å²) in [5.41, 5.74) is 2.15. The summed E-state index contributed by atoms with van der Waals surface area (Å²) >= 11 is 0. The highest BCUT2D eigenvalue weighted by atomic mass is 16.5. The number of phenolic OH excluding ortho intramolecular Hbond substituents is 1. The molecule has 4 nitrogen and oxygen atoms in total. The van der Waals surface area contributed by atoms with Gasteiger partial charge >= 0.3 is 0 Å². The average molecular weight is 248 g/mol. The highest BCUT2D eigenvalue weighted by Gasteiger charge is 2.30. The molecule has 96 valence electrons. The molecule has 18 heavy (non-hydrogen) atoms. The Kier molecular flexibility index (Phi) is 2.65. The van der Waals surface area contributed by atoms with Crippen LogP contribution in [-0.4, -0.2) is 24.1 Å². The van der Waals surface area contributed by atoms with E-state index in [1.54, 1.807) is 6.92 Å². The van der Waals surface area contributed by atoms with E-state index in [1.165, 1.54) is 0 Å². The average Bonchev–Trinajstić information content (AvgIpc) is 2.39. The summed E-state index contributed by atoms with van der Waals surface area (Å²) in [6, 6.07) is 0. The Morgan fingerprint density at radius 3 is 2.33 bits per heavy atom. The van der Waals surface area contributed by atoms with Crippen LogP contribution >= 0.6 is 0 Å². The maximum Gasteiger partial charge on any atom is 0.165 e. The van der Waals surface area contributed by atoms with E-state index in [2.05, 4.69) is 0 Å². The molecule has 0 bridgehead atoms. The summed E-state index contributed by atoms with van der Waals surface area (Å²) in [7, 11) is 0. The van der Waals surface area contributed by atoms with Gasteiger partial charge < -0.3 is 14.6 Å².